The van der Waals surface area contributed by atoms with Crippen LogP contribution in [0.2, 0.25) is 5.15 Å². The van der Waals surface area contributed by atoms with Gasteiger partial charge in [-0.1, -0.05) is 11.6 Å². The van der Waals surface area contributed by atoms with Crippen molar-refractivity contribution in [2.24, 2.45) is 0 Å². The van der Waals surface area contributed by atoms with Gasteiger partial charge in [0.25, 0.3) is 5.56 Å². The lowest BCUT2D eigenvalue weighted by molar-refractivity contribution is -0.0310. The van der Waals surface area contributed by atoms with Crippen LogP contribution < -0.4 is 11.2 Å². The molecule has 0 aliphatic carbocycles. The molecule has 0 saturated carbocycles. The summed E-state index contributed by atoms with van der Waals surface area (Å²) in [6.45, 7) is 2.67. The Labute approximate surface area is 108 Å². The maximum absolute atomic E-state index is 12.0. The monoisotopic (exact) mass is 274 g/mol. The van der Waals surface area contributed by atoms with E-state index in [1.807, 2.05) is 0 Å². The van der Waals surface area contributed by atoms with Crippen molar-refractivity contribution in [1.29, 1.82) is 0 Å². The second-order valence-corrected chi connectivity index (χ2v) is 4.83. The quantitative estimate of drug-likeness (QED) is 0.805. The van der Waals surface area contributed by atoms with Gasteiger partial charge in [-0.25, -0.2) is 4.79 Å². The maximum atomic E-state index is 12.0. The highest BCUT2D eigenvalue weighted by atomic mass is 35.5. The topological polar surface area (TPSA) is 73.3 Å². The van der Waals surface area contributed by atoms with Crippen molar-refractivity contribution in [3.63, 3.8) is 0 Å². The molecule has 6 nitrogen and oxygen atoms in total. The zero-order chi connectivity index (χ0) is 13.3. The minimum atomic E-state index is -0.614. The number of halogens is 1. The van der Waals surface area contributed by atoms with Gasteiger partial charge in [-0.15, -0.1) is 0 Å². The number of hydrogen-bond acceptors (Lipinski definition) is 4. The molecule has 1 aromatic rings. The van der Waals surface area contributed by atoms with Gasteiger partial charge in [0.2, 0.25) is 0 Å². The van der Waals surface area contributed by atoms with Crippen LogP contribution in [0.4, 0.5) is 0 Å². The molecular formula is C11H15ClN2O4. The van der Waals surface area contributed by atoms with Crippen LogP contribution in [0.25, 0.3) is 0 Å². The molecule has 1 aliphatic rings. The lowest BCUT2D eigenvalue weighted by Crippen LogP contribution is -2.46. The van der Waals surface area contributed by atoms with Gasteiger partial charge in [0.05, 0.1) is 13.2 Å². The molecular weight excluding hydrogens is 260 g/mol. The third-order valence-corrected chi connectivity index (χ3v) is 3.68. The molecule has 1 N–H and O–H groups in total. The molecule has 2 rings (SSSR count). The summed E-state index contributed by atoms with van der Waals surface area (Å²) in [6, 6.07) is 0. The average Bonchev–Trinajstić information content (AvgIpc) is 2.81. The van der Waals surface area contributed by atoms with Crippen molar-refractivity contribution in [3.05, 3.63) is 31.6 Å². The van der Waals surface area contributed by atoms with E-state index < -0.39 is 16.9 Å². The van der Waals surface area contributed by atoms with Crippen LogP contribution in [0.15, 0.2) is 9.59 Å². The highest BCUT2D eigenvalue weighted by molar-refractivity contribution is 6.30. The third kappa shape index (κ3) is 2.23. The van der Waals surface area contributed by atoms with Gasteiger partial charge in [0, 0.05) is 25.7 Å². The Morgan fingerprint density at radius 1 is 1.56 bits per heavy atom. The van der Waals surface area contributed by atoms with Crippen molar-refractivity contribution >= 4 is 11.6 Å². The molecule has 1 fully saturated rings. The molecule has 0 aromatic carbocycles. The highest BCUT2D eigenvalue weighted by Gasteiger charge is 2.36. The number of aromatic nitrogens is 2. The third-order valence-electron chi connectivity index (χ3n) is 3.30. The number of nitrogens with zero attached hydrogens (tertiary/aromatic N) is 1. The van der Waals surface area contributed by atoms with E-state index in [1.54, 1.807) is 14.0 Å². The zero-order valence-corrected chi connectivity index (χ0v) is 11.0. The molecule has 1 unspecified atom stereocenters. The van der Waals surface area contributed by atoms with E-state index in [2.05, 4.69) is 4.98 Å². The fraction of sp³-hybridized carbons (Fsp3) is 0.636. The number of methoxy groups -OCH3 is 1. The molecule has 0 spiro atoms. The minimum absolute atomic E-state index is 0.0791. The van der Waals surface area contributed by atoms with Crippen LogP contribution in [-0.2, 0) is 16.0 Å². The van der Waals surface area contributed by atoms with Crippen molar-refractivity contribution in [3.8, 4) is 0 Å². The molecule has 7 heteroatoms. The minimum Gasteiger partial charge on any atom is -0.378 e. The van der Waals surface area contributed by atoms with E-state index >= 15 is 0 Å². The summed E-state index contributed by atoms with van der Waals surface area (Å²) in [6.07, 6.45) is 0.650. The Morgan fingerprint density at radius 2 is 2.28 bits per heavy atom. The summed E-state index contributed by atoms with van der Waals surface area (Å²) >= 11 is 5.75. The molecule has 2 heterocycles. The number of H-pyrrole nitrogens is 1. The van der Waals surface area contributed by atoms with Gasteiger partial charge in [0.1, 0.15) is 10.8 Å². The average molecular weight is 275 g/mol. The van der Waals surface area contributed by atoms with Crippen molar-refractivity contribution in [2.45, 2.75) is 25.5 Å². The van der Waals surface area contributed by atoms with Gasteiger partial charge in [-0.3, -0.25) is 14.3 Å². The first-order valence-electron chi connectivity index (χ1n) is 5.61. The van der Waals surface area contributed by atoms with Gasteiger partial charge in [-0.2, -0.15) is 0 Å². The van der Waals surface area contributed by atoms with Crippen LogP contribution in [0.1, 0.15) is 12.0 Å². The Kier molecular flexibility index (Phi) is 3.61. The second kappa shape index (κ2) is 4.87. The standard InChI is InChI=1S/C11H15ClN2O4/c1-7-8(12)13-10(16)14(9(7)15)5-11(17-2)3-4-18-6-11/h3-6H2,1-2H3,(H,13,16). The Balaban J connectivity index is 2.44. The summed E-state index contributed by atoms with van der Waals surface area (Å²) in [7, 11) is 1.55. The van der Waals surface area contributed by atoms with Crippen LogP contribution in [0.5, 0.6) is 0 Å². The summed E-state index contributed by atoms with van der Waals surface area (Å²) < 4.78 is 11.8. The maximum Gasteiger partial charge on any atom is 0.329 e. The molecule has 1 atom stereocenters. The lowest BCUT2D eigenvalue weighted by Gasteiger charge is -2.26. The SMILES string of the molecule is COC1(Cn2c(=O)[nH]c(Cl)c(C)c2=O)CCOC1. The van der Waals surface area contributed by atoms with E-state index in [-0.39, 0.29) is 11.7 Å². The number of rotatable bonds is 3. The molecule has 0 bridgehead atoms. The number of ether oxygens (including phenoxy) is 2. The predicted octanol–water partition coefficient (Wildman–Crippen LogP) is 0.304. The number of hydrogen-bond donors (Lipinski definition) is 1. The first kappa shape index (κ1) is 13.3. The van der Waals surface area contributed by atoms with Gasteiger partial charge in [-0.05, 0) is 6.92 Å². The molecule has 1 aliphatic heterocycles. The molecule has 0 amide bonds. The smallest absolute Gasteiger partial charge is 0.329 e. The van der Waals surface area contributed by atoms with E-state index in [9.17, 15) is 9.59 Å². The Hall–Kier alpha value is -1.11. The van der Waals surface area contributed by atoms with Crippen LogP contribution in [-0.4, -0.2) is 35.5 Å². The van der Waals surface area contributed by atoms with Gasteiger partial charge in [0.15, 0.2) is 0 Å². The van der Waals surface area contributed by atoms with Gasteiger partial charge < -0.3 is 9.47 Å². The van der Waals surface area contributed by atoms with E-state index in [0.717, 1.165) is 4.57 Å². The molecule has 1 aromatic heterocycles. The van der Waals surface area contributed by atoms with Crippen LogP contribution >= 0.6 is 11.6 Å². The van der Waals surface area contributed by atoms with Gasteiger partial charge >= 0.3 is 5.69 Å². The normalized spacial score (nSPS) is 23.5. The summed E-state index contributed by atoms with van der Waals surface area (Å²) in [4.78, 5) is 26.2. The van der Waals surface area contributed by atoms with Crippen LogP contribution in [0, 0.1) is 6.92 Å². The van der Waals surface area contributed by atoms with Crippen molar-refractivity contribution < 1.29 is 9.47 Å². The lowest BCUT2D eigenvalue weighted by atomic mass is 10.0. The van der Waals surface area contributed by atoms with Crippen molar-refractivity contribution in [1.82, 2.24) is 9.55 Å². The molecule has 1 saturated heterocycles. The van der Waals surface area contributed by atoms with Crippen molar-refractivity contribution in [2.75, 3.05) is 20.3 Å². The second-order valence-electron chi connectivity index (χ2n) is 4.45. The van der Waals surface area contributed by atoms with E-state index in [1.165, 1.54) is 0 Å². The molecule has 100 valence electrons. The highest BCUT2D eigenvalue weighted by Crippen LogP contribution is 2.23. The summed E-state index contributed by atoms with van der Waals surface area (Å²) in [5, 5.41) is 0.0791. The fourth-order valence-electron chi connectivity index (χ4n) is 2.01. The number of aromatic amines is 1. The summed E-state index contributed by atoms with van der Waals surface area (Å²) in [5.41, 5.74) is -1.22. The fourth-order valence-corrected chi connectivity index (χ4v) is 2.18. The van der Waals surface area contributed by atoms with Crippen LogP contribution in [0.3, 0.4) is 0 Å². The number of nitrogens with one attached hydrogen (secondary N) is 1. The first-order valence-corrected chi connectivity index (χ1v) is 5.99. The summed E-state index contributed by atoms with van der Waals surface area (Å²) in [5.74, 6) is 0. The predicted molar refractivity (Wildman–Crippen MR) is 66.2 cm³/mol. The molecule has 0 radical (unpaired) electrons. The molecule has 18 heavy (non-hydrogen) atoms. The van der Waals surface area contributed by atoms with E-state index in [0.29, 0.717) is 25.2 Å². The zero-order valence-electron chi connectivity index (χ0n) is 10.3. The van der Waals surface area contributed by atoms with E-state index in [4.69, 9.17) is 21.1 Å². The Morgan fingerprint density at radius 3 is 2.83 bits per heavy atom. The first-order chi connectivity index (χ1) is 8.49. The Bertz CT molecular complexity index is 557. The largest absolute Gasteiger partial charge is 0.378 e.